The third kappa shape index (κ3) is 3.55. The second-order valence-electron chi connectivity index (χ2n) is 3.84. The summed E-state index contributed by atoms with van der Waals surface area (Å²) in [5.41, 5.74) is 1.25. The molecule has 0 spiro atoms. The molecule has 0 radical (unpaired) electrons. The van der Waals surface area contributed by atoms with Crippen LogP contribution in [0.15, 0.2) is 40.2 Å². The highest BCUT2D eigenvalue weighted by Gasteiger charge is 2.12. The van der Waals surface area contributed by atoms with Gasteiger partial charge in [0, 0.05) is 25.8 Å². The Bertz CT molecular complexity index is 498. The van der Waals surface area contributed by atoms with Crippen molar-refractivity contribution >= 4 is 38.9 Å². The van der Waals surface area contributed by atoms with Gasteiger partial charge in [-0.15, -0.1) is 11.3 Å². The van der Waals surface area contributed by atoms with Crippen LogP contribution in [-0.4, -0.2) is 7.05 Å². The van der Waals surface area contributed by atoms with Crippen LogP contribution in [0.5, 0.6) is 0 Å². The summed E-state index contributed by atoms with van der Waals surface area (Å²) >= 11 is 11.2. The molecule has 1 aromatic heterocycles. The van der Waals surface area contributed by atoms with Gasteiger partial charge in [0.05, 0.1) is 0 Å². The van der Waals surface area contributed by atoms with Crippen molar-refractivity contribution in [3.63, 3.8) is 0 Å². The maximum atomic E-state index is 6.00. The molecule has 1 unspecified atom stereocenters. The number of rotatable bonds is 4. The van der Waals surface area contributed by atoms with Crippen LogP contribution < -0.4 is 5.32 Å². The third-order valence-corrected chi connectivity index (χ3v) is 4.65. The zero-order valence-corrected chi connectivity index (χ0v) is 12.6. The molecule has 0 aliphatic rings. The Balaban J connectivity index is 2.15. The average molecular weight is 331 g/mol. The third-order valence-electron chi connectivity index (χ3n) is 2.61. The van der Waals surface area contributed by atoms with E-state index >= 15 is 0 Å². The molecule has 1 N–H and O–H groups in total. The zero-order valence-electron chi connectivity index (χ0n) is 9.41. The summed E-state index contributed by atoms with van der Waals surface area (Å²) in [6, 6.07) is 10.5. The van der Waals surface area contributed by atoms with Gasteiger partial charge in [-0.25, -0.2) is 0 Å². The number of nitrogens with one attached hydrogen (secondary N) is 1. The topological polar surface area (TPSA) is 12.0 Å². The van der Waals surface area contributed by atoms with Gasteiger partial charge in [0.1, 0.15) is 0 Å². The van der Waals surface area contributed by atoms with Gasteiger partial charge in [-0.05, 0) is 53.2 Å². The number of likely N-dealkylation sites (N-methyl/N-ethyl adjacent to an activating group) is 1. The molecule has 0 saturated heterocycles. The maximum Gasteiger partial charge on any atom is 0.0453 e. The van der Waals surface area contributed by atoms with Crippen LogP contribution in [-0.2, 0) is 6.42 Å². The van der Waals surface area contributed by atoms with Crippen LogP contribution in [0.25, 0.3) is 0 Å². The number of halogens is 2. The first-order valence-electron chi connectivity index (χ1n) is 5.34. The summed E-state index contributed by atoms with van der Waals surface area (Å²) in [4.78, 5) is 1.33. The molecule has 2 rings (SSSR count). The van der Waals surface area contributed by atoms with E-state index in [0.29, 0.717) is 6.04 Å². The summed E-state index contributed by atoms with van der Waals surface area (Å²) < 4.78 is 1.14. The predicted octanol–water partition coefficient (Wildman–Crippen LogP) is 4.67. The van der Waals surface area contributed by atoms with E-state index in [9.17, 15) is 0 Å². The second kappa shape index (κ2) is 6.01. The lowest BCUT2D eigenvalue weighted by Crippen LogP contribution is -2.17. The minimum absolute atomic E-state index is 0.338. The van der Waals surface area contributed by atoms with Gasteiger partial charge in [-0.2, -0.15) is 0 Å². The lowest BCUT2D eigenvalue weighted by molar-refractivity contribution is 0.602. The van der Waals surface area contributed by atoms with E-state index in [1.807, 2.05) is 25.2 Å². The van der Waals surface area contributed by atoms with Crippen molar-refractivity contribution in [2.45, 2.75) is 12.5 Å². The number of hydrogen-bond donors (Lipinski definition) is 1. The molecule has 1 atom stereocenters. The molecule has 1 nitrogen and oxygen atoms in total. The van der Waals surface area contributed by atoms with Crippen molar-refractivity contribution in [2.24, 2.45) is 0 Å². The Hall–Kier alpha value is -0.350. The van der Waals surface area contributed by atoms with Crippen molar-refractivity contribution < 1.29 is 0 Å². The smallest absolute Gasteiger partial charge is 0.0453 e. The van der Waals surface area contributed by atoms with Crippen LogP contribution in [0.3, 0.4) is 0 Å². The van der Waals surface area contributed by atoms with Crippen LogP contribution in [0.1, 0.15) is 16.5 Å². The quantitative estimate of drug-likeness (QED) is 0.859. The van der Waals surface area contributed by atoms with Gasteiger partial charge >= 0.3 is 0 Å². The molecular weight excluding hydrogens is 318 g/mol. The van der Waals surface area contributed by atoms with Crippen molar-refractivity contribution in [2.75, 3.05) is 7.05 Å². The van der Waals surface area contributed by atoms with Gasteiger partial charge in [-0.3, -0.25) is 0 Å². The number of hydrogen-bond acceptors (Lipinski definition) is 2. The molecule has 0 fully saturated rings. The highest BCUT2D eigenvalue weighted by molar-refractivity contribution is 9.10. The standard InChI is InChI=1S/C13H13BrClNS/c1-16-12(13-7-10(14)8-17-13)6-9-3-2-4-11(15)5-9/h2-5,7-8,12,16H,6H2,1H3. The highest BCUT2D eigenvalue weighted by Crippen LogP contribution is 2.28. The summed E-state index contributed by atoms with van der Waals surface area (Å²) in [6.07, 6.45) is 0.948. The number of thiophene rings is 1. The molecular formula is C13H13BrClNS. The summed E-state index contributed by atoms with van der Waals surface area (Å²) in [6.45, 7) is 0. The first-order valence-corrected chi connectivity index (χ1v) is 7.39. The molecule has 0 amide bonds. The van der Waals surface area contributed by atoms with Crippen molar-refractivity contribution in [3.8, 4) is 0 Å². The van der Waals surface area contributed by atoms with Crippen molar-refractivity contribution in [3.05, 3.63) is 55.6 Å². The molecule has 90 valence electrons. The van der Waals surface area contributed by atoms with E-state index in [4.69, 9.17) is 11.6 Å². The molecule has 2 aromatic rings. The maximum absolute atomic E-state index is 6.00. The SMILES string of the molecule is CNC(Cc1cccc(Cl)c1)c1cc(Br)cs1. The largest absolute Gasteiger partial charge is 0.312 e. The van der Waals surface area contributed by atoms with Crippen LogP contribution >= 0.6 is 38.9 Å². The van der Waals surface area contributed by atoms with Crippen molar-refractivity contribution in [1.29, 1.82) is 0 Å². The minimum atomic E-state index is 0.338. The average Bonchev–Trinajstić information content (AvgIpc) is 2.73. The summed E-state index contributed by atoms with van der Waals surface area (Å²) in [7, 11) is 1.99. The summed E-state index contributed by atoms with van der Waals surface area (Å²) in [5.74, 6) is 0. The molecule has 4 heteroatoms. The summed E-state index contributed by atoms with van der Waals surface area (Å²) in [5, 5.41) is 6.25. The van der Waals surface area contributed by atoms with Gasteiger partial charge in [-0.1, -0.05) is 23.7 Å². The Morgan fingerprint density at radius 2 is 2.24 bits per heavy atom. The van der Waals surface area contributed by atoms with E-state index in [0.717, 1.165) is 15.9 Å². The Morgan fingerprint density at radius 3 is 2.82 bits per heavy atom. The zero-order chi connectivity index (χ0) is 12.3. The number of benzene rings is 1. The Kier molecular flexibility index (Phi) is 4.62. The molecule has 0 aliphatic carbocycles. The molecule has 17 heavy (non-hydrogen) atoms. The van der Waals surface area contributed by atoms with Gasteiger partial charge in [0.15, 0.2) is 0 Å². The predicted molar refractivity (Wildman–Crippen MR) is 79.0 cm³/mol. The second-order valence-corrected chi connectivity index (χ2v) is 6.14. The van der Waals surface area contributed by atoms with Crippen molar-refractivity contribution in [1.82, 2.24) is 5.32 Å². The molecule has 0 saturated carbocycles. The Morgan fingerprint density at radius 1 is 1.41 bits per heavy atom. The lowest BCUT2D eigenvalue weighted by Gasteiger charge is -2.14. The van der Waals surface area contributed by atoms with E-state index in [1.165, 1.54) is 10.4 Å². The van der Waals surface area contributed by atoms with E-state index in [2.05, 4.69) is 38.8 Å². The fraction of sp³-hybridized carbons (Fsp3) is 0.231. The van der Waals surface area contributed by atoms with Crippen LogP contribution in [0.4, 0.5) is 0 Å². The molecule has 1 heterocycles. The van der Waals surface area contributed by atoms with Gasteiger partial charge in [0.2, 0.25) is 0 Å². The van der Waals surface area contributed by atoms with Crippen LogP contribution in [0, 0.1) is 0 Å². The minimum Gasteiger partial charge on any atom is -0.312 e. The normalized spacial score (nSPS) is 12.6. The monoisotopic (exact) mass is 329 g/mol. The fourth-order valence-corrected chi connectivity index (χ4v) is 3.52. The molecule has 0 bridgehead atoms. The van der Waals surface area contributed by atoms with Crippen LogP contribution in [0.2, 0.25) is 5.02 Å². The Labute approximate surface area is 119 Å². The molecule has 1 aromatic carbocycles. The van der Waals surface area contributed by atoms with Gasteiger partial charge in [0.25, 0.3) is 0 Å². The lowest BCUT2D eigenvalue weighted by atomic mass is 10.1. The highest BCUT2D eigenvalue weighted by atomic mass is 79.9. The fourth-order valence-electron chi connectivity index (χ4n) is 1.76. The first-order chi connectivity index (χ1) is 8.19. The van der Waals surface area contributed by atoms with Gasteiger partial charge < -0.3 is 5.32 Å². The molecule has 0 aliphatic heterocycles. The van der Waals surface area contributed by atoms with E-state index < -0.39 is 0 Å². The van der Waals surface area contributed by atoms with E-state index in [1.54, 1.807) is 11.3 Å². The van der Waals surface area contributed by atoms with E-state index in [-0.39, 0.29) is 0 Å². The first kappa shape index (κ1) is 13.1.